The first-order valence-electron chi connectivity index (χ1n) is 4.18. The average molecular weight is 237 g/mol. The number of Topliss-reactive ketones (excluding diaryl/α,β-unsaturated/α-hetero) is 1. The predicted octanol–water partition coefficient (Wildman–Crippen LogP) is 1.00. The monoisotopic (exact) mass is 237 g/mol. The summed E-state index contributed by atoms with van der Waals surface area (Å²) in [6.45, 7) is 3.41. The average Bonchev–Trinajstić information content (AvgIpc) is 2.11. The van der Waals surface area contributed by atoms with Crippen molar-refractivity contribution >= 4 is 33.3 Å². The summed E-state index contributed by atoms with van der Waals surface area (Å²) in [4.78, 5) is 21.2. The molecule has 0 amide bonds. The number of rotatable bonds is 7. The van der Waals surface area contributed by atoms with Crippen molar-refractivity contribution in [1.82, 2.24) is 0 Å². The Kier molecular flexibility index (Phi) is 7.04. The summed E-state index contributed by atoms with van der Waals surface area (Å²) in [5.74, 6) is 0.253. The van der Waals surface area contributed by atoms with Gasteiger partial charge < -0.3 is 10.8 Å². The van der Waals surface area contributed by atoms with Gasteiger partial charge >= 0.3 is 5.97 Å². The van der Waals surface area contributed by atoms with Crippen molar-refractivity contribution < 1.29 is 14.7 Å². The van der Waals surface area contributed by atoms with Crippen molar-refractivity contribution in [1.29, 1.82) is 0 Å². The number of hydrogen-bond donors (Lipinski definition) is 2. The molecule has 82 valence electrons. The molecule has 6 heteroatoms. The van der Waals surface area contributed by atoms with Crippen LogP contribution in [0.2, 0.25) is 0 Å². The first kappa shape index (κ1) is 13.8. The first-order valence-corrected chi connectivity index (χ1v) is 6.67. The lowest BCUT2D eigenvalue weighted by molar-refractivity contribution is -0.137. The van der Waals surface area contributed by atoms with Gasteiger partial charge in [0.05, 0.1) is 0 Å². The number of nitrogens with two attached hydrogens (primary N) is 1. The summed E-state index contributed by atoms with van der Waals surface area (Å²) >= 11 is 0. The zero-order valence-corrected chi connectivity index (χ0v) is 9.86. The van der Waals surface area contributed by atoms with E-state index in [9.17, 15) is 9.59 Å². The molecule has 0 rings (SSSR count). The SMILES string of the molecule is CC(=O)C(C)CSSCC(N)C(=O)O. The van der Waals surface area contributed by atoms with E-state index >= 15 is 0 Å². The van der Waals surface area contributed by atoms with Gasteiger partial charge in [-0.25, -0.2) is 0 Å². The summed E-state index contributed by atoms with van der Waals surface area (Å²) in [5, 5.41) is 8.48. The van der Waals surface area contributed by atoms with E-state index < -0.39 is 12.0 Å². The number of carboxylic acids is 1. The highest BCUT2D eigenvalue weighted by Gasteiger charge is 2.12. The topological polar surface area (TPSA) is 80.4 Å². The van der Waals surface area contributed by atoms with E-state index in [1.54, 1.807) is 6.92 Å². The minimum absolute atomic E-state index is 0.0218. The molecule has 2 atom stereocenters. The third-order valence-corrected chi connectivity index (χ3v) is 4.27. The fourth-order valence-corrected chi connectivity index (χ4v) is 3.01. The van der Waals surface area contributed by atoms with Gasteiger partial charge in [0.1, 0.15) is 11.8 Å². The molecular weight excluding hydrogens is 222 g/mol. The minimum atomic E-state index is -0.988. The lowest BCUT2D eigenvalue weighted by Gasteiger charge is -2.07. The molecule has 14 heavy (non-hydrogen) atoms. The van der Waals surface area contributed by atoms with Crippen LogP contribution in [0.25, 0.3) is 0 Å². The van der Waals surface area contributed by atoms with Gasteiger partial charge in [0.15, 0.2) is 0 Å². The maximum absolute atomic E-state index is 10.8. The molecule has 2 unspecified atom stereocenters. The molecule has 3 N–H and O–H groups in total. The van der Waals surface area contributed by atoms with Crippen LogP contribution in [0.5, 0.6) is 0 Å². The Morgan fingerprint density at radius 1 is 1.36 bits per heavy atom. The number of hydrogen-bond acceptors (Lipinski definition) is 5. The molecule has 0 aromatic carbocycles. The van der Waals surface area contributed by atoms with Crippen LogP contribution in [0.15, 0.2) is 0 Å². The zero-order chi connectivity index (χ0) is 11.1. The van der Waals surface area contributed by atoms with Crippen molar-refractivity contribution in [2.45, 2.75) is 19.9 Å². The van der Waals surface area contributed by atoms with Crippen LogP contribution < -0.4 is 5.73 Å². The number of carboxylic acid groups (broad SMARTS) is 1. The normalized spacial score (nSPS) is 14.8. The second-order valence-electron chi connectivity index (χ2n) is 3.03. The molecule has 0 aromatic heterocycles. The van der Waals surface area contributed by atoms with Crippen LogP contribution in [-0.2, 0) is 9.59 Å². The molecule has 0 aliphatic rings. The van der Waals surface area contributed by atoms with Crippen LogP contribution in [0.4, 0.5) is 0 Å². The number of carbonyl (C=O) groups excluding carboxylic acids is 1. The highest BCUT2D eigenvalue weighted by atomic mass is 33.1. The van der Waals surface area contributed by atoms with Crippen LogP contribution in [-0.4, -0.2) is 34.4 Å². The van der Waals surface area contributed by atoms with E-state index in [0.29, 0.717) is 11.5 Å². The van der Waals surface area contributed by atoms with Gasteiger partial charge in [-0.3, -0.25) is 9.59 Å². The third kappa shape index (κ3) is 6.28. The van der Waals surface area contributed by atoms with Crippen LogP contribution in [0.3, 0.4) is 0 Å². The third-order valence-electron chi connectivity index (χ3n) is 1.66. The Morgan fingerprint density at radius 3 is 2.29 bits per heavy atom. The Morgan fingerprint density at radius 2 is 1.86 bits per heavy atom. The standard InChI is InChI=1S/C8H15NO3S2/c1-5(6(2)10)3-13-14-4-7(9)8(11)12/h5,7H,3-4,9H2,1-2H3,(H,11,12). The van der Waals surface area contributed by atoms with E-state index in [0.717, 1.165) is 0 Å². The van der Waals surface area contributed by atoms with Crippen molar-refractivity contribution in [2.75, 3.05) is 11.5 Å². The zero-order valence-electron chi connectivity index (χ0n) is 8.23. The van der Waals surface area contributed by atoms with E-state index in [2.05, 4.69) is 0 Å². The summed E-state index contributed by atoms with van der Waals surface area (Å²) < 4.78 is 0. The Hall–Kier alpha value is -0.200. The van der Waals surface area contributed by atoms with Gasteiger partial charge in [-0.1, -0.05) is 28.5 Å². The fourth-order valence-electron chi connectivity index (χ4n) is 0.460. The molecule has 0 radical (unpaired) electrons. The highest BCUT2D eigenvalue weighted by Crippen LogP contribution is 2.24. The van der Waals surface area contributed by atoms with Crippen molar-refractivity contribution in [3.8, 4) is 0 Å². The molecule has 0 aliphatic carbocycles. The fraction of sp³-hybridized carbons (Fsp3) is 0.750. The summed E-state index contributed by atoms with van der Waals surface area (Å²) in [5.41, 5.74) is 5.29. The van der Waals surface area contributed by atoms with Crippen LogP contribution in [0, 0.1) is 5.92 Å². The van der Waals surface area contributed by atoms with E-state index in [-0.39, 0.29) is 11.7 Å². The molecule has 0 aromatic rings. The second kappa shape index (κ2) is 7.14. The van der Waals surface area contributed by atoms with Gasteiger partial charge in [0, 0.05) is 17.4 Å². The Bertz CT molecular complexity index is 189. The second-order valence-corrected chi connectivity index (χ2v) is 5.58. The van der Waals surface area contributed by atoms with Gasteiger partial charge in [-0.15, -0.1) is 0 Å². The molecule has 0 aliphatic heterocycles. The van der Waals surface area contributed by atoms with Crippen molar-refractivity contribution in [3.63, 3.8) is 0 Å². The Balaban J connectivity index is 3.47. The largest absolute Gasteiger partial charge is 0.480 e. The number of carbonyl (C=O) groups is 2. The molecule has 0 saturated carbocycles. The lowest BCUT2D eigenvalue weighted by atomic mass is 10.1. The smallest absolute Gasteiger partial charge is 0.321 e. The summed E-state index contributed by atoms with van der Waals surface area (Å²) in [6, 6.07) is -0.819. The van der Waals surface area contributed by atoms with E-state index in [1.165, 1.54) is 21.6 Å². The number of aliphatic carboxylic acids is 1. The van der Waals surface area contributed by atoms with E-state index in [4.69, 9.17) is 10.8 Å². The molecule has 0 fully saturated rings. The number of ketones is 1. The van der Waals surface area contributed by atoms with Gasteiger partial charge in [-0.2, -0.15) is 0 Å². The van der Waals surface area contributed by atoms with Crippen LogP contribution >= 0.6 is 21.6 Å². The highest BCUT2D eigenvalue weighted by molar-refractivity contribution is 8.76. The molecule has 0 saturated heterocycles. The Labute approximate surface area is 91.4 Å². The van der Waals surface area contributed by atoms with Gasteiger partial charge in [0.2, 0.25) is 0 Å². The minimum Gasteiger partial charge on any atom is -0.480 e. The molecule has 0 spiro atoms. The van der Waals surface area contributed by atoms with Crippen LogP contribution in [0.1, 0.15) is 13.8 Å². The maximum atomic E-state index is 10.8. The van der Waals surface area contributed by atoms with Crippen molar-refractivity contribution in [2.24, 2.45) is 11.7 Å². The van der Waals surface area contributed by atoms with Crippen molar-refractivity contribution in [3.05, 3.63) is 0 Å². The predicted molar refractivity (Wildman–Crippen MR) is 60.4 cm³/mol. The quantitative estimate of drug-likeness (QED) is 0.508. The molecule has 0 bridgehead atoms. The lowest BCUT2D eigenvalue weighted by Crippen LogP contribution is -2.32. The molecule has 0 heterocycles. The van der Waals surface area contributed by atoms with Gasteiger partial charge in [-0.05, 0) is 6.92 Å². The maximum Gasteiger partial charge on any atom is 0.321 e. The van der Waals surface area contributed by atoms with Gasteiger partial charge in [0.25, 0.3) is 0 Å². The first-order chi connectivity index (χ1) is 6.45. The summed E-state index contributed by atoms with van der Waals surface area (Å²) in [7, 11) is 2.88. The molecular formula is C8H15NO3S2. The molecule has 4 nitrogen and oxygen atoms in total. The van der Waals surface area contributed by atoms with E-state index in [1.807, 2.05) is 6.92 Å². The summed E-state index contributed by atoms with van der Waals surface area (Å²) in [6.07, 6.45) is 0.